The minimum absolute atomic E-state index is 0.148. The van der Waals surface area contributed by atoms with Gasteiger partial charge in [0.2, 0.25) is 0 Å². The van der Waals surface area contributed by atoms with E-state index in [4.69, 9.17) is 11.6 Å². The van der Waals surface area contributed by atoms with Crippen molar-refractivity contribution < 1.29 is 4.79 Å². The number of thiazole rings is 1. The number of halogens is 1. The van der Waals surface area contributed by atoms with Crippen LogP contribution in [0.5, 0.6) is 0 Å². The molecule has 126 valence electrons. The van der Waals surface area contributed by atoms with Crippen LogP contribution < -0.4 is 5.32 Å². The summed E-state index contributed by atoms with van der Waals surface area (Å²) >= 11 is 8.75. The summed E-state index contributed by atoms with van der Waals surface area (Å²) < 4.78 is 2.81. The van der Waals surface area contributed by atoms with Crippen LogP contribution in [0.2, 0.25) is 5.02 Å². The van der Waals surface area contributed by atoms with Crippen LogP contribution in [0.4, 0.5) is 5.13 Å². The third kappa shape index (κ3) is 3.58. The van der Waals surface area contributed by atoms with Crippen LogP contribution in [0.25, 0.3) is 10.2 Å². The number of rotatable bonds is 4. The highest BCUT2D eigenvalue weighted by Gasteiger charge is 2.13. The number of carbonyl (C=O) groups excluding carboxylic acids is 1. The van der Waals surface area contributed by atoms with E-state index >= 15 is 0 Å². The summed E-state index contributed by atoms with van der Waals surface area (Å²) in [6, 6.07) is 7.92. The monoisotopic (exact) mass is 388 g/mol. The fourth-order valence-electron chi connectivity index (χ4n) is 2.43. The number of hydrogen-bond donors (Lipinski definition) is 1. The molecule has 5 nitrogen and oxygen atoms in total. The van der Waals surface area contributed by atoms with Crippen LogP contribution in [0, 0.1) is 6.92 Å². The van der Waals surface area contributed by atoms with Gasteiger partial charge in [-0.25, -0.2) is 4.98 Å². The highest BCUT2D eigenvalue weighted by molar-refractivity contribution is 7.22. The summed E-state index contributed by atoms with van der Waals surface area (Å²) in [5.74, 6) is -0.148. The van der Waals surface area contributed by atoms with E-state index in [0.717, 1.165) is 15.8 Å². The summed E-state index contributed by atoms with van der Waals surface area (Å²) in [6.07, 6.45) is 3.35. The molecule has 0 atom stereocenters. The van der Waals surface area contributed by atoms with Gasteiger partial charge in [-0.2, -0.15) is 5.10 Å². The molecule has 0 fully saturated rings. The first-order chi connectivity index (χ1) is 12.1. The number of nitrogens with zero attached hydrogens (tertiary/aromatic N) is 3. The van der Waals surface area contributed by atoms with E-state index in [9.17, 15) is 4.79 Å². The van der Waals surface area contributed by atoms with E-state index in [0.29, 0.717) is 21.6 Å². The minimum atomic E-state index is -0.148. The normalized spacial score (nSPS) is 11.1. The van der Waals surface area contributed by atoms with E-state index in [1.165, 1.54) is 28.2 Å². The maximum absolute atomic E-state index is 12.5. The Bertz CT molecular complexity index is 1070. The molecular formula is C17H13ClN4OS2. The highest BCUT2D eigenvalue weighted by Crippen LogP contribution is 2.27. The van der Waals surface area contributed by atoms with Crippen molar-refractivity contribution in [3.05, 3.63) is 63.1 Å². The molecule has 4 aromatic rings. The fraction of sp³-hybridized carbons (Fsp3) is 0.118. The van der Waals surface area contributed by atoms with Gasteiger partial charge >= 0.3 is 0 Å². The second-order valence-corrected chi connectivity index (χ2v) is 8.00. The number of benzene rings is 1. The van der Waals surface area contributed by atoms with Crippen LogP contribution in [-0.2, 0) is 6.54 Å². The van der Waals surface area contributed by atoms with Gasteiger partial charge in [-0.05, 0) is 41.6 Å². The molecule has 4 rings (SSSR count). The smallest absolute Gasteiger partial charge is 0.267 e. The molecule has 0 saturated heterocycles. The minimum Gasteiger partial charge on any atom is -0.297 e. The van der Waals surface area contributed by atoms with E-state index in [1.54, 1.807) is 17.1 Å². The molecule has 25 heavy (non-hydrogen) atoms. The first-order valence-electron chi connectivity index (χ1n) is 7.51. The fourth-order valence-corrected chi connectivity index (χ4v) is 4.35. The topological polar surface area (TPSA) is 59.8 Å². The molecule has 0 aliphatic carbocycles. The van der Waals surface area contributed by atoms with E-state index in [-0.39, 0.29) is 5.91 Å². The Morgan fingerprint density at radius 2 is 2.24 bits per heavy atom. The lowest BCUT2D eigenvalue weighted by Crippen LogP contribution is -2.09. The standard InChI is InChI=1S/C17H13ClN4OS2/c1-10-2-3-13-14(4-10)25-17(20-13)21-16(23)15-5-11(9-24-15)7-22-8-12(18)6-19-22/h2-6,8-9H,7H2,1H3,(H,20,21,23). The quantitative estimate of drug-likeness (QED) is 0.545. The zero-order valence-electron chi connectivity index (χ0n) is 13.2. The number of aromatic nitrogens is 3. The van der Waals surface area contributed by atoms with Crippen molar-refractivity contribution in [2.24, 2.45) is 0 Å². The van der Waals surface area contributed by atoms with Gasteiger partial charge in [0.1, 0.15) is 0 Å². The number of thiophene rings is 1. The third-order valence-electron chi connectivity index (χ3n) is 3.59. The largest absolute Gasteiger partial charge is 0.297 e. The molecule has 1 amide bonds. The molecule has 3 aromatic heterocycles. The van der Waals surface area contributed by atoms with Gasteiger partial charge in [0, 0.05) is 6.20 Å². The number of carbonyl (C=O) groups is 1. The lowest BCUT2D eigenvalue weighted by molar-refractivity contribution is 0.103. The molecule has 0 aliphatic rings. The molecular weight excluding hydrogens is 376 g/mol. The summed E-state index contributed by atoms with van der Waals surface area (Å²) in [5, 5.41) is 10.2. The lowest BCUT2D eigenvalue weighted by Gasteiger charge is -1.98. The average molecular weight is 389 g/mol. The molecule has 1 N–H and O–H groups in total. The van der Waals surface area contributed by atoms with Crippen molar-refractivity contribution in [2.45, 2.75) is 13.5 Å². The first-order valence-corrected chi connectivity index (χ1v) is 9.58. The molecule has 8 heteroatoms. The number of aryl methyl sites for hydroxylation is 1. The molecule has 0 unspecified atom stereocenters. The summed E-state index contributed by atoms with van der Waals surface area (Å²) in [6.45, 7) is 2.62. The second kappa shape index (κ2) is 6.59. The Kier molecular flexibility index (Phi) is 4.29. The molecule has 0 saturated carbocycles. The van der Waals surface area contributed by atoms with Gasteiger partial charge in [0.15, 0.2) is 5.13 Å². The number of anilines is 1. The SMILES string of the molecule is Cc1ccc2nc(NC(=O)c3cc(Cn4cc(Cl)cn4)cs3)sc2c1. The molecule has 1 aromatic carbocycles. The molecule has 0 bridgehead atoms. The van der Waals surface area contributed by atoms with Crippen LogP contribution in [0.3, 0.4) is 0 Å². The number of fused-ring (bicyclic) bond motifs is 1. The van der Waals surface area contributed by atoms with Crippen molar-refractivity contribution in [1.82, 2.24) is 14.8 Å². The zero-order chi connectivity index (χ0) is 17.4. The Balaban J connectivity index is 1.48. The average Bonchev–Trinajstić information content (AvgIpc) is 3.27. The number of hydrogen-bond acceptors (Lipinski definition) is 5. The van der Waals surface area contributed by atoms with Gasteiger partial charge < -0.3 is 0 Å². The maximum atomic E-state index is 12.5. The molecule has 0 radical (unpaired) electrons. The van der Waals surface area contributed by atoms with Crippen LogP contribution in [0.15, 0.2) is 42.0 Å². The summed E-state index contributed by atoms with van der Waals surface area (Å²) in [7, 11) is 0. The predicted octanol–water partition coefficient (Wildman–Crippen LogP) is 4.82. The molecule has 0 aliphatic heterocycles. The first kappa shape index (κ1) is 16.3. The third-order valence-corrected chi connectivity index (χ3v) is 5.69. The highest BCUT2D eigenvalue weighted by atomic mass is 35.5. The van der Waals surface area contributed by atoms with E-state index < -0.39 is 0 Å². The van der Waals surface area contributed by atoms with Gasteiger partial charge in [-0.3, -0.25) is 14.8 Å². The van der Waals surface area contributed by atoms with Crippen molar-refractivity contribution in [3.8, 4) is 0 Å². The summed E-state index contributed by atoms with van der Waals surface area (Å²) in [5.41, 5.74) is 3.08. The predicted molar refractivity (Wildman–Crippen MR) is 103 cm³/mol. The summed E-state index contributed by atoms with van der Waals surface area (Å²) in [4.78, 5) is 17.6. The maximum Gasteiger partial charge on any atom is 0.267 e. The van der Waals surface area contributed by atoms with Gasteiger partial charge in [0.05, 0.1) is 32.9 Å². The van der Waals surface area contributed by atoms with Crippen LogP contribution in [-0.4, -0.2) is 20.7 Å². The number of amides is 1. The lowest BCUT2D eigenvalue weighted by atomic mass is 10.2. The molecule has 3 heterocycles. The Morgan fingerprint density at radius 1 is 1.36 bits per heavy atom. The Labute approximate surface area is 156 Å². The van der Waals surface area contributed by atoms with Gasteiger partial charge in [-0.1, -0.05) is 29.0 Å². The van der Waals surface area contributed by atoms with Crippen molar-refractivity contribution in [2.75, 3.05) is 5.32 Å². The van der Waals surface area contributed by atoms with Crippen LogP contribution >= 0.6 is 34.3 Å². The van der Waals surface area contributed by atoms with Crippen molar-refractivity contribution >= 4 is 55.5 Å². The second-order valence-electron chi connectivity index (χ2n) is 5.62. The van der Waals surface area contributed by atoms with Gasteiger partial charge in [0.25, 0.3) is 5.91 Å². The van der Waals surface area contributed by atoms with E-state index in [1.807, 2.05) is 30.5 Å². The molecule has 0 spiro atoms. The van der Waals surface area contributed by atoms with Crippen LogP contribution in [0.1, 0.15) is 20.8 Å². The zero-order valence-corrected chi connectivity index (χ0v) is 15.6. The Hall–Kier alpha value is -2.22. The van der Waals surface area contributed by atoms with Crippen molar-refractivity contribution in [3.63, 3.8) is 0 Å². The number of nitrogens with one attached hydrogen (secondary N) is 1. The van der Waals surface area contributed by atoms with Gasteiger partial charge in [-0.15, -0.1) is 11.3 Å². The van der Waals surface area contributed by atoms with E-state index in [2.05, 4.69) is 21.5 Å². The Morgan fingerprint density at radius 3 is 3.04 bits per heavy atom. The van der Waals surface area contributed by atoms with Crippen molar-refractivity contribution in [1.29, 1.82) is 0 Å².